The van der Waals surface area contributed by atoms with Crippen LogP contribution in [0.3, 0.4) is 0 Å². The van der Waals surface area contributed by atoms with E-state index >= 15 is 0 Å². The highest BCUT2D eigenvalue weighted by molar-refractivity contribution is 5.92. The van der Waals surface area contributed by atoms with E-state index in [-0.39, 0.29) is 0 Å². The van der Waals surface area contributed by atoms with E-state index in [2.05, 4.69) is 19.9 Å². The Hall–Kier alpha value is -3.28. The molecule has 6 heteroatoms. The van der Waals surface area contributed by atoms with Crippen LogP contribution < -0.4 is 15.8 Å². The van der Waals surface area contributed by atoms with Gasteiger partial charge in [0.2, 0.25) is 0 Å². The smallest absolute Gasteiger partial charge is 0.193 e. The lowest BCUT2D eigenvalue weighted by atomic mass is 10.3. The fraction of sp³-hybridized carbons (Fsp3) is 0.238. The first kappa shape index (κ1) is 18.5. The maximum absolute atomic E-state index is 5.99. The van der Waals surface area contributed by atoms with E-state index < -0.39 is 0 Å². The normalized spacial score (nSPS) is 11.4. The molecule has 0 bridgehead atoms. The zero-order valence-corrected chi connectivity index (χ0v) is 15.5. The SMILES string of the molecule is Cc1nccn1CCCCN=C(N)Nc1cccc(Oc2ccccc2)c1. The molecule has 0 radical (unpaired) electrons. The molecule has 3 aromatic rings. The molecule has 0 saturated carbocycles. The van der Waals surface area contributed by atoms with E-state index in [4.69, 9.17) is 10.5 Å². The van der Waals surface area contributed by atoms with Crippen molar-refractivity contribution < 1.29 is 4.74 Å². The Balaban J connectivity index is 1.45. The number of hydrogen-bond donors (Lipinski definition) is 2. The Bertz CT molecular complexity index is 873. The van der Waals surface area contributed by atoms with Gasteiger partial charge < -0.3 is 20.4 Å². The molecular weight excluding hydrogens is 338 g/mol. The van der Waals surface area contributed by atoms with Crippen LogP contribution in [0.1, 0.15) is 18.7 Å². The Morgan fingerprint density at radius 3 is 2.70 bits per heavy atom. The van der Waals surface area contributed by atoms with Gasteiger partial charge >= 0.3 is 0 Å². The van der Waals surface area contributed by atoms with Crippen LogP contribution in [0, 0.1) is 6.92 Å². The van der Waals surface area contributed by atoms with Crippen molar-refractivity contribution in [2.45, 2.75) is 26.3 Å². The molecule has 0 amide bonds. The Morgan fingerprint density at radius 2 is 1.93 bits per heavy atom. The van der Waals surface area contributed by atoms with Gasteiger partial charge in [-0.1, -0.05) is 24.3 Å². The van der Waals surface area contributed by atoms with Gasteiger partial charge in [0.15, 0.2) is 5.96 Å². The molecule has 3 rings (SSSR count). The topological polar surface area (TPSA) is 77.5 Å². The number of nitrogens with zero attached hydrogens (tertiary/aromatic N) is 3. The summed E-state index contributed by atoms with van der Waals surface area (Å²) in [5, 5.41) is 3.11. The second kappa shape index (κ2) is 9.43. The third-order valence-corrected chi connectivity index (χ3v) is 4.10. The zero-order chi connectivity index (χ0) is 18.9. The number of anilines is 1. The maximum atomic E-state index is 5.99. The molecule has 1 aromatic heterocycles. The second-order valence-corrected chi connectivity index (χ2v) is 6.21. The fourth-order valence-electron chi connectivity index (χ4n) is 2.68. The van der Waals surface area contributed by atoms with Gasteiger partial charge in [-0.05, 0) is 44.0 Å². The Morgan fingerprint density at radius 1 is 1.11 bits per heavy atom. The molecule has 0 spiro atoms. The van der Waals surface area contributed by atoms with Crippen LogP contribution >= 0.6 is 0 Å². The van der Waals surface area contributed by atoms with Crippen LogP contribution in [-0.4, -0.2) is 22.1 Å². The highest BCUT2D eigenvalue weighted by atomic mass is 16.5. The van der Waals surface area contributed by atoms with E-state index in [1.807, 2.05) is 73.9 Å². The third-order valence-electron chi connectivity index (χ3n) is 4.10. The van der Waals surface area contributed by atoms with Crippen molar-refractivity contribution in [1.29, 1.82) is 0 Å². The lowest BCUT2D eigenvalue weighted by Crippen LogP contribution is -2.22. The summed E-state index contributed by atoms with van der Waals surface area (Å²) in [4.78, 5) is 8.61. The summed E-state index contributed by atoms with van der Waals surface area (Å²) in [5.74, 6) is 2.99. The highest BCUT2D eigenvalue weighted by Gasteiger charge is 2.01. The molecule has 2 aromatic carbocycles. The van der Waals surface area contributed by atoms with Gasteiger partial charge in [-0.15, -0.1) is 0 Å². The summed E-state index contributed by atoms with van der Waals surface area (Å²) in [5.41, 5.74) is 6.84. The monoisotopic (exact) mass is 363 g/mol. The first-order valence-electron chi connectivity index (χ1n) is 9.08. The van der Waals surface area contributed by atoms with Crippen molar-refractivity contribution in [3.8, 4) is 11.5 Å². The Kier molecular flexibility index (Phi) is 6.46. The van der Waals surface area contributed by atoms with Crippen molar-refractivity contribution in [1.82, 2.24) is 9.55 Å². The molecule has 0 aliphatic carbocycles. The molecule has 3 N–H and O–H groups in total. The van der Waals surface area contributed by atoms with Crippen molar-refractivity contribution >= 4 is 11.6 Å². The zero-order valence-electron chi connectivity index (χ0n) is 15.5. The number of para-hydroxylation sites is 1. The van der Waals surface area contributed by atoms with Crippen LogP contribution in [0.15, 0.2) is 72.0 Å². The summed E-state index contributed by atoms with van der Waals surface area (Å²) in [6.07, 6.45) is 5.83. The number of ether oxygens (including phenoxy) is 1. The fourth-order valence-corrected chi connectivity index (χ4v) is 2.68. The molecule has 0 saturated heterocycles. The van der Waals surface area contributed by atoms with Crippen LogP contribution in [0.2, 0.25) is 0 Å². The second-order valence-electron chi connectivity index (χ2n) is 6.21. The summed E-state index contributed by atoms with van der Waals surface area (Å²) in [6, 6.07) is 17.3. The summed E-state index contributed by atoms with van der Waals surface area (Å²) in [6.45, 7) is 3.65. The maximum Gasteiger partial charge on any atom is 0.193 e. The average Bonchev–Trinajstić information content (AvgIpc) is 3.07. The lowest BCUT2D eigenvalue weighted by Gasteiger charge is -2.09. The molecule has 0 fully saturated rings. The number of nitrogens with two attached hydrogens (primary N) is 1. The van der Waals surface area contributed by atoms with Gasteiger partial charge in [0.05, 0.1) is 0 Å². The van der Waals surface area contributed by atoms with Crippen molar-refractivity contribution in [2.24, 2.45) is 10.7 Å². The molecule has 6 nitrogen and oxygen atoms in total. The minimum Gasteiger partial charge on any atom is -0.457 e. The molecule has 0 unspecified atom stereocenters. The Labute approximate surface area is 159 Å². The first-order valence-corrected chi connectivity index (χ1v) is 9.08. The minimum absolute atomic E-state index is 0.408. The molecule has 0 atom stereocenters. The molecule has 1 heterocycles. The van der Waals surface area contributed by atoms with Crippen molar-refractivity contribution in [2.75, 3.05) is 11.9 Å². The number of unbranched alkanes of at least 4 members (excludes halogenated alkanes) is 1. The van der Waals surface area contributed by atoms with Crippen molar-refractivity contribution in [3.63, 3.8) is 0 Å². The molecule has 0 aliphatic rings. The van der Waals surface area contributed by atoms with Gasteiger partial charge in [0.25, 0.3) is 0 Å². The van der Waals surface area contributed by atoms with Crippen LogP contribution in [0.25, 0.3) is 0 Å². The van der Waals surface area contributed by atoms with Crippen molar-refractivity contribution in [3.05, 3.63) is 72.8 Å². The number of nitrogens with one attached hydrogen (secondary N) is 1. The third kappa shape index (κ3) is 5.88. The number of aliphatic imine (C=N–C) groups is 1. The minimum atomic E-state index is 0.408. The number of guanidine groups is 1. The van der Waals surface area contributed by atoms with Gasteiger partial charge in [0.1, 0.15) is 17.3 Å². The molecular formula is C21H25N5O. The number of aromatic nitrogens is 2. The van der Waals surface area contributed by atoms with E-state index in [1.54, 1.807) is 0 Å². The predicted molar refractivity (Wildman–Crippen MR) is 109 cm³/mol. The molecule has 0 aliphatic heterocycles. The van der Waals surface area contributed by atoms with Crippen LogP contribution in [0.5, 0.6) is 11.5 Å². The summed E-state index contributed by atoms with van der Waals surface area (Å²) >= 11 is 0. The van der Waals surface area contributed by atoms with Crippen LogP contribution in [-0.2, 0) is 6.54 Å². The molecule has 27 heavy (non-hydrogen) atoms. The van der Waals surface area contributed by atoms with Gasteiger partial charge in [-0.25, -0.2) is 4.98 Å². The summed E-state index contributed by atoms with van der Waals surface area (Å²) in [7, 11) is 0. The van der Waals surface area contributed by atoms with Crippen LogP contribution in [0.4, 0.5) is 5.69 Å². The van der Waals surface area contributed by atoms with Gasteiger partial charge in [-0.3, -0.25) is 4.99 Å². The average molecular weight is 363 g/mol. The standard InChI is InChI=1S/C21H25N5O/c1-17-23-13-15-26(17)14-6-5-12-24-21(22)25-18-8-7-11-20(16-18)27-19-9-3-2-4-10-19/h2-4,7-11,13,15-16H,5-6,12,14H2,1H3,(H3,22,24,25). The first-order chi connectivity index (χ1) is 13.2. The number of aryl methyl sites for hydroxylation is 2. The number of hydrogen-bond acceptors (Lipinski definition) is 3. The number of rotatable bonds is 8. The number of benzene rings is 2. The predicted octanol–water partition coefficient (Wildman–Crippen LogP) is 4.19. The van der Waals surface area contributed by atoms with E-state index in [9.17, 15) is 0 Å². The van der Waals surface area contributed by atoms with E-state index in [0.29, 0.717) is 12.5 Å². The number of imidazole rings is 1. The quantitative estimate of drug-likeness (QED) is 0.357. The van der Waals surface area contributed by atoms with E-state index in [1.165, 1.54) is 0 Å². The summed E-state index contributed by atoms with van der Waals surface area (Å²) < 4.78 is 7.97. The van der Waals surface area contributed by atoms with Gasteiger partial charge in [0, 0.05) is 37.2 Å². The van der Waals surface area contributed by atoms with Gasteiger partial charge in [-0.2, -0.15) is 0 Å². The molecule has 140 valence electrons. The van der Waals surface area contributed by atoms with E-state index in [0.717, 1.165) is 42.4 Å². The largest absolute Gasteiger partial charge is 0.457 e. The highest BCUT2D eigenvalue weighted by Crippen LogP contribution is 2.23. The lowest BCUT2D eigenvalue weighted by molar-refractivity contribution is 0.483.